The van der Waals surface area contributed by atoms with Gasteiger partial charge in [0.25, 0.3) is 0 Å². The second kappa shape index (κ2) is 6.49. The van der Waals surface area contributed by atoms with Gasteiger partial charge < -0.3 is 14.8 Å². The number of anilines is 2. The van der Waals surface area contributed by atoms with Crippen LogP contribution < -0.4 is 5.32 Å². The predicted molar refractivity (Wildman–Crippen MR) is 93.1 cm³/mol. The molecule has 1 amide bonds. The molecule has 0 saturated carbocycles. The van der Waals surface area contributed by atoms with Crippen molar-refractivity contribution in [2.75, 3.05) is 19.4 Å². The van der Waals surface area contributed by atoms with Gasteiger partial charge >= 0.3 is 0 Å². The largest absolute Gasteiger partial charge is 0.347 e. The number of benzene rings is 1. The lowest BCUT2D eigenvalue weighted by molar-refractivity contribution is -0.129. The summed E-state index contributed by atoms with van der Waals surface area (Å²) in [5.74, 6) is 0.00930. The molecule has 7 heteroatoms. The number of para-hydroxylation sites is 1. The first-order valence-electron chi connectivity index (χ1n) is 7.32. The van der Waals surface area contributed by atoms with Gasteiger partial charge in [0, 0.05) is 31.9 Å². The number of carbonyl (C=O) groups is 1. The van der Waals surface area contributed by atoms with Crippen LogP contribution in [0, 0.1) is 5.82 Å². The molecule has 1 N–H and O–H groups in total. The summed E-state index contributed by atoms with van der Waals surface area (Å²) in [7, 11) is 3.42. The van der Waals surface area contributed by atoms with Gasteiger partial charge in [-0.1, -0.05) is 17.7 Å². The molecule has 0 radical (unpaired) electrons. The summed E-state index contributed by atoms with van der Waals surface area (Å²) in [5.41, 5.74) is 1.01. The number of nitrogens with zero attached hydrogens (tertiary/aromatic N) is 3. The van der Waals surface area contributed by atoms with Crippen LogP contribution in [0.5, 0.6) is 0 Å². The molecule has 124 valence electrons. The first kappa shape index (κ1) is 16.3. The third-order valence-corrected chi connectivity index (χ3v) is 4.02. The van der Waals surface area contributed by atoms with Crippen molar-refractivity contribution < 1.29 is 9.18 Å². The van der Waals surface area contributed by atoms with Gasteiger partial charge in [-0.15, -0.1) is 0 Å². The van der Waals surface area contributed by atoms with Crippen molar-refractivity contribution in [2.24, 2.45) is 0 Å². The summed E-state index contributed by atoms with van der Waals surface area (Å²) in [6.07, 6.45) is 3.41. The number of halogens is 2. The number of hydrogen-bond donors (Lipinski definition) is 1. The Morgan fingerprint density at radius 2 is 2.12 bits per heavy atom. The summed E-state index contributed by atoms with van der Waals surface area (Å²) < 4.78 is 15.8. The molecule has 3 rings (SSSR count). The van der Waals surface area contributed by atoms with E-state index in [-0.39, 0.29) is 23.2 Å². The second-order valence-electron chi connectivity index (χ2n) is 5.55. The van der Waals surface area contributed by atoms with E-state index >= 15 is 0 Å². The molecule has 0 atom stereocenters. The number of fused-ring (bicyclic) bond motifs is 1. The lowest BCUT2D eigenvalue weighted by atomic mass is 10.2. The van der Waals surface area contributed by atoms with Crippen molar-refractivity contribution in [3.63, 3.8) is 0 Å². The predicted octanol–water partition coefficient (Wildman–Crippen LogP) is 3.66. The Morgan fingerprint density at radius 1 is 1.33 bits per heavy atom. The molecule has 24 heavy (non-hydrogen) atoms. The molecule has 0 aliphatic carbocycles. The summed E-state index contributed by atoms with van der Waals surface area (Å²) in [6.45, 7) is 0.223. The molecule has 0 bridgehead atoms. The molecule has 0 spiro atoms. The number of rotatable bonds is 4. The minimum absolute atomic E-state index is 0.0176. The Balaban J connectivity index is 1.99. The van der Waals surface area contributed by atoms with Crippen molar-refractivity contribution >= 4 is 39.9 Å². The molecule has 0 fully saturated rings. The number of hydrogen-bond acceptors (Lipinski definition) is 3. The number of aromatic nitrogens is 2. The fourth-order valence-corrected chi connectivity index (χ4v) is 2.59. The molecule has 0 unspecified atom stereocenters. The van der Waals surface area contributed by atoms with E-state index in [0.717, 1.165) is 10.9 Å². The first-order chi connectivity index (χ1) is 11.5. The number of amides is 1. The Hall–Kier alpha value is -2.60. The average Bonchev–Trinajstić information content (AvgIpc) is 2.95. The van der Waals surface area contributed by atoms with E-state index in [1.807, 2.05) is 22.9 Å². The molecule has 5 nitrogen and oxygen atoms in total. The van der Waals surface area contributed by atoms with Gasteiger partial charge in [0.1, 0.15) is 18.2 Å². The van der Waals surface area contributed by atoms with Crippen molar-refractivity contribution in [2.45, 2.75) is 6.54 Å². The SMILES string of the molecule is CN(C)C(=O)Cn1ccc2c(Nc3c(F)cccc3Cl)nccc21. The van der Waals surface area contributed by atoms with Gasteiger partial charge in [0.05, 0.1) is 16.2 Å². The number of nitrogens with one attached hydrogen (secondary N) is 1. The fraction of sp³-hybridized carbons (Fsp3) is 0.176. The highest BCUT2D eigenvalue weighted by molar-refractivity contribution is 6.33. The Kier molecular flexibility index (Phi) is 4.40. The zero-order chi connectivity index (χ0) is 17.3. The van der Waals surface area contributed by atoms with E-state index in [1.54, 1.807) is 32.4 Å². The van der Waals surface area contributed by atoms with Crippen LogP contribution in [-0.4, -0.2) is 34.5 Å². The third kappa shape index (κ3) is 3.05. The standard InChI is InChI=1S/C17H16ClFN4O/c1-22(2)15(24)10-23-9-7-11-14(23)6-8-20-17(11)21-16-12(18)4-3-5-13(16)19/h3-9H,10H2,1-2H3,(H,20,21). The van der Waals surface area contributed by atoms with Crippen LogP contribution in [0.1, 0.15) is 0 Å². The highest BCUT2D eigenvalue weighted by atomic mass is 35.5. The van der Waals surface area contributed by atoms with Gasteiger partial charge in [-0.05, 0) is 24.3 Å². The van der Waals surface area contributed by atoms with Gasteiger partial charge in [-0.2, -0.15) is 0 Å². The maximum absolute atomic E-state index is 14.0. The molecular formula is C17H16ClFN4O. The van der Waals surface area contributed by atoms with Crippen LogP contribution in [0.4, 0.5) is 15.9 Å². The van der Waals surface area contributed by atoms with Crippen LogP contribution in [0.2, 0.25) is 5.02 Å². The van der Waals surface area contributed by atoms with Gasteiger partial charge in [-0.25, -0.2) is 9.37 Å². The topological polar surface area (TPSA) is 50.2 Å². The molecule has 1 aromatic carbocycles. The zero-order valence-electron chi connectivity index (χ0n) is 13.3. The highest BCUT2D eigenvalue weighted by Gasteiger charge is 2.13. The highest BCUT2D eigenvalue weighted by Crippen LogP contribution is 2.31. The molecule has 0 aliphatic heterocycles. The number of pyridine rings is 1. The van der Waals surface area contributed by atoms with Crippen LogP contribution in [0.25, 0.3) is 10.9 Å². The summed E-state index contributed by atoms with van der Waals surface area (Å²) in [6, 6.07) is 8.12. The van der Waals surface area contributed by atoms with Gasteiger partial charge in [0.15, 0.2) is 0 Å². The maximum Gasteiger partial charge on any atom is 0.241 e. The smallest absolute Gasteiger partial charge is 0.241 e. The van der Waals surface area contributed by atoms with E-state index in [4.69, 9.17) is 11.6 Å². The van der Waals surface area contributed by atoms with E-state index in [2.05, 4.69) is 10.3 Å². The van der Waals surface area contributed by atoms with E-state index < -0.39 is 5.82 Å². The summed E-state index contributed by atoms with van der Waals surface area (Å²) >= 11 is 6.05. The zero-order valence-corrected chi connectivity index (χ0v) is 14.0. The monoisotopic (exact) mass is 346 g/mol. The van der Waals surface area contributed by atoms with Crippen molar-refractivity contribution in [3.8, 4) is 0 Å². The van der Waals surface area contributed by atoms with Crippen molar-refractivity contribution in [1.29, 1.82) is 0 Å². The van der Waals surface area contributed by atoms with Gasteiger partial charge in [0.2, 0.25) is 5.91 Å². The van der Waals surface area contributed by atoms with Crippen LogP contribution in [0.15, 0.2) is 42.7 Å². The summed E-state index contributed by atoms with van der Waals surface area (Å²) in [4.78, 5) is 17.7. The van der Waals surface area contributed by atoms with E-state index in [1.165, 1.54) is 11.0 Å². The fourth-order valence-electron chi connectivity index (χ4n) is 2.38. The minimum atomic E-state index is -0.455. The van der Waals surface area contributed by atoms with E-state index in [9.17, 15) is 9.18 Å². The molecule has 0 saturated heterocycles. The normalized spacial score (nSPS) is 10.8. The van der Waals surface area contributed by atoms with Crippen LogP contribution in [0.3, 0.4) is 0 Å². The Labute approximate surface area is 143 Å². The Morgan fingerprint density at radius 3 is 2.83 bits per heavy atom. The van der Waals surface area contributed by atoms with E-state index in [0.29, 0.717) is 5.82 Å². The molecule has 2 aromatic heterocycles. The maximum atomic E-state index is 14.0. The average molecular weight is 347 g/mol. The minimum Gasteiger partial charge on any atom is -0.347 e. The van der Waals surface area contributed by atoms with Crippen LogP contribution in [-0.2, 0) is 11.3 Å². The number of carbonyl (C=O) groups excluding carboxylic acids is 1. The molecule has 2 heterocycles. The van der Waals surface area contributed by atoms with Crippen LogP contribution >= 0.6 is 11.6 Å². The van der Waals surface area contributed by atoms with Gasteiger partial charge in [-0.3, -0.25) is 4.79 Å². The lowest BCUT2D eigenvalue weighted by Crippen LogP contribution is -2.25. The molecular weight excluding hydrogens is 331 g/mol. The Bertz CT molecular complexity index is 886. The quantitative estimate of drug-likeness (QED) is 0.784. The third-order valence-electron chi connectivity index (χ3n) is 3.71. The van der Waals surface area contributed by atoms with Crippen molar-refractivity contribution in [3.05, 3.63) is 53.6 Å². The van der Waals surface area contributed by atoms with Crippen molar-refractivity contribution in [1.82, 2.24) is 14.5 Å². The molecule has 0 aliphatic rings. The summed E-state index contributed by atoms with van der Waals surface area (Å²) in [5, 5.41) is 4.00. The first-order valence-corrected chi connectivity index (χ1v) is 7.70. The lowest BCUT2D eigenvalue weighted by Gasteiger charge is -2.12. The second-order valence-corrected chi connectivity index (χ2v) is 5.95. The molecule has 3 aromatic rings. The number of likely N-dealkylation sites (N-methyl/N-ethyl adjacent to an activating group) is 1.